The SMILES string of the molecule is C=CN(CC(=C)Br)C(=O)OC(C)(C)C. The molecule has 0 aliphatic rings. The highest BCUT2D eigenvalue weighted by Gasteiger charge is 2.20. The molecule has 4 heteroatoms. The average Bonchev–Trinajstić information content (AvgIpc) is 1.96. The third-order valence-electron chi connectivity index (χ3n) is 1.19. The van der Waals surface area contributed by atoms with Gasteiger partial charge in [0.15, 0.2) is 0 Å². The molecule has 0 atom stereocenters. The standard InChI is InChI=1S/C10H16BrNO2/c1-6-12(7-8(2)11)9(13)14-10(3,4)5/h6H,1-2,7H2,3-5H3. The molecule has 1 amide bonds. The maximum absolute atomic E-state index is 11.5. The quantitative estimate of drug-likeness (QED) is 0.781. The minimum Gasteiger partial charge on any atom is -0.443 e. The van der Waals surface area contributed by atoms with E-state index in [0.29, 0.717) is 11.0 Å². The number of halogens is 1. The van der Waals surface area contributed by atoms with Crippen LogP contribution in [-0.4, -0.2) is 23.1 Å². The van der Waals surface area contributed by atoms with E-state index in [0.717, 1.165) is 0 Å². The minimum absolute atomic E-state index is 0.360. The molecule has 0 aromatic heterocycles. The molecule has 0 aromatic rings. The first kappa shape index (κ1) is 13.2. The van der Waals surface area contributed by atoms with Crippen molar-refractivity contribution >= 4 is 22.0 Å². The summed E-state index contributed by atoms with van der Waals surface area (Å²) in [7, 11) is 0. The summed E-state index contributed by atoms with van der Waals surface area (Å²) in [4.78, 5) is 12.8. The van der Waals surface area contributed by atoms with Crippen molar-refractivity contribution in [1.82, 2.24) is 4.90 Å². The van der Waals surface area contributed by atoms with Crippen molar-refractivity contribution in [3.8, 4) is 0 Å². The molecule has 0 spiro atoms. The largest absolute Gasteiger partial charge is 0.443 e. The molecule has 0 aliphatic carbocycles. The van der Waals surface area contributed by atoms with E-state index in [9.17, 15) is 4.79 Å². The van der Waals surface area contributed by atoms with Crippen LogP contribution in [-0.2, 0) is 4.74 Å². The first-order valence-electron chi connectivity index (χ1n) is 4.21. The van der Waals surface area contributed by atoms with E-state index in [4.69, 9.17) is 4.74 Å². The smallest absolute Gasteiger partial charge is 0.414 e. The summed E-state index contributed by atoms with van der Waals surface area (Å²) in [5, 5.41) is 0. The molecule has 0 radical (unpaired) electrons. The summed E-state index contributed by atoms with van der Waals surface area (Å²) in [5.41, 5.74) is -0.494. The number of hydrogen-bond donors (Lipinski definition) is 0. The summed E-state index contributed by atoms with van der Waals surface area (Å²) in [6, 6.07) is 0. The fourth-order valence-electron chi connectivity index (χ4n) is 0.709. The number of rotatable bonds is 3. The number of amides is 1. The minimum atomic E-state index is -0.494. The first-order chi connectivity index (χ1) is 6.26. The number of carbonyl (C=O) groups excluding carboxylic acids is 1. The third-order valence-corrected chi connectivity index (χ3v) is 1.44. The van der Waals surface area contributed by atoms with E-state index in [1.54, 1.807) is 0 Å². The lowest BCUT2D eigenvalue weighted by molar-refractivity contribution is 0.0351. The maximum Gasteiger partial charge on any atom is 0.414 e. The Morgan fingerprint density at radius 1 is 1.57 bits per heavy atom. The summed E-state index contributed by atoms with van der Waals surface area (Å²) in [5.74, 6) is 0. The van der Waals surface area contributed by atoms with Gasteiger partial charge in [-0.05, 0) is 20.8 Å². The van der Waals surface area contributed by atoms with E-state index in [-0.39, 0.29) is 0 Å². The summed E-state index contributed by atoms with van der Waals surface area (Å²) in [6.45, 7) is 13.0. The number of ether oxygens (including phenoxy) is 1. The second kappa shape index (κ2) is 5.20. The van der Waals surface area contributed by atoms with E-state index < -0.39 is 11.7 Å². The van der Waals surface area contributed by atoms with Gasteiger partial charge in [0, 0.05) is 10.7 Å². The topological polar surface area (TPSA) is 29.5 Å². The van der Waals surface area contributed by atoms with Crippen LogP contribution in [0.4, 0.5) is 4.79 Å². The van der Waals surface area contributed by atoms with Crippen LogP contribution in [0.25, 0.3) is 0 Å². The van der Waals surface area contributed by atoms with Gasteiger partial charge in [0.05, 0.1) is 6.54 Å². The van der Waals surface area contributed by atoms with Gasteiger partial charge in [0.2, 0.25) is 0 Å². The van der Waals surface area contributed by atoms with Crippen molar-refractivity contribution in [2.75, 3.05) is 6.54 Å². The number of nitrogens with zero attached hydrogens (tertiary/aromatic N) is 1. The highest BCUT2D eigenvalue weighted by Crippen LogP contribution is 2.12. The molecule has 0 aliphatic heterocycles. The van der Waals surface area contributed by atoms with Gasteiger partial charge in [-0.2, -0.15) is 0 Å². The van der Waals surface area contributed by atoms with Crippen molar-refractivity contribution < 1.29 is 9.53 Å². The molecule has 14 heavy (non-hydrogen) atoms. The van der Waals surface area contributed by atoms with Crippen LogP contribution in [0.5, 0.6) is 0 Å². The third kappa shape index (κ3) is 5.80. The van der Waals surface area contributed by atoms with Gasteiger partial charge in [-0.15, -0.1) is 0 Å². The van der Waals surface area contributed by atoms with Crippen LogP contribution in [0.15, 0.2) is 23.8 Å². The van der Waals surface area contributed by atoms with Gasteiger partial charge in [-0.3, -0.25) is 4.90 Å². The van der Waals surface area contributed by atoms with Gasteiger partial charge >= 0.3 is 6.09 Å². The normalized spacial score (nSPS) is 10.6. The molecule has 0 saturated carbocycles. The Balaban J connectivity index is 4.33. The van der Waals surface area contributed by atoms with Crippen LogP contribution in [0.2, 0.25) is 0 Å². The van der Waals surface area contributed by atoms with E-state index in [1.165, 1.54) is 11.1 Å². The molecule has 3 nitrogen and oxygen atoms in total. The zero-order valence-corrected chi connectivity index (χ0v) is 10.4. The number of carbonyl (C=O) groups is 1. The van der Waals surface area contributed by atoms with E-state index >= 15 is 0 Å². The monoisotopic (exact) mass is 261 g/mol. The highest BCUT2D eigenvalue weighted by molar-refractivity contribution is 9.11. The van der Waals surface area contributed by atoms with Crippen molar-refractivity contribution in [2.45, 2.75) is 26.4 Å². The Morgan fingerprint density at radius 3 is 2.36 bits per heavy atom. The predicted octanol–water partition coefficient (Wildman–Crippen LogP) is 3.28. The zero-order chi connectivity index (χ0) is 11.4. The molecule has 0 fully saturated rings. The van der Waals surface area contributed by atoms with Crippen LogP contribution in [0, 0.1) is 0 Å². The van der Waals surface area contributed by atoms with Crippen LogP contribution in [0.1, 0.15) is 20.8 Å². The molecular weight excluding hydrogens is 246 g/mol. The van der Waals surface area contributed by atoms with Gasteiger partial charge in [0.1, 0.15) is 5.60 Å². The van der Waals surface area contributed by atoms with Crippen molar-refractivity contribution in [3.63, 3.8) is 0 Å². The van der Waals surface area contributed by atoms with Gasteiger partial charge in [-0.25, -0.2) is 4.79 Å². The van der Waals surface area contributed by atoms with Crippen LogP contribution < -0.4 is 0 Å². The lowest BCUT2D eigenvalue weighted by atomic mass is 10.2. The summed E-state index contributed by atoms with van der Waals surface area (Å²) in [6.07, 6.45) is 0.994. The summed E-state index contributed by atoms with van der Waals surface area (Å²) >= 11 is 3.17. The van der Waals surface area contributed by atoms with Gasteiger partial charge in [-0.1, -0.05) is 29.1 Å². The Bertz CT molecular complexity index is 243. The predicted molar refractivity (Wildman–Crippen MR) is 61.2 cm³/mol. The van der Waals surface area contributed by atoms with Crippen molar-refractivity contribution in [1.29, 1.82) is 0 Å². The van der Waals surface area contributed by atoms with E-state index in [1.807, 2.05) is 20.8 Å². The number of hydrogen-bond acceptors (Lipinski definition) is 2. The second-order valence-corrected chi connectivity index (χ2v) is 4.93. The fourth-order valence-corrected chi connectivity index (χ4v) is 0.979. The highest BCUT2D eigenvalue weighted by atomic mass is 79.9. The molecule has 80 valence electrons. The fraction of sp³-hybridized carbons (Fsp3) is 0.500. The summed E-state index contributed by atoms with van der Waals surface area (Å²) < 4.78 is 5.84. The van der Waals surface area contributed by atoms with Crippen molar-refractivity contribution in [3.05, 3.63) is 23.8 Å². The Hall–Kier alpha value is -0.770. The van der Waals surface area contributed by atoms with Crippen LogP contribution in [0.3, 0.4) is 0 Å². The lowest BCUT2D eigenvalue weighted by Crippen LogP contribution is -2.33. The van der Waals surface area contributed by atoms with E-state index in [2.05, 4.69) is 29.1 Å². The second-order valence-electron chi connectivity index (χ2n) is 3.81. The Labute approximate surface area is 93.5 Å². The zero-order valence-electron chi connectivity index (χ0n) is 8.84. The van der Waals surface area contributed by atoms with Crippen molar-refractivity contribution in [2.24, 2.45) is 0 Å². The molecule has 0 N–H and O–H groups in total. The molecule has 0 aromatic carbocycles. The van der Waals surface area contributed by atoms with Gasteiger partial charge < -0.3 is 4.74 Å². The molecule has 0 heterocycles. The molecule has 0 unspecified atom stereocenters. The average molecular weight is 262 g/mol. The van der Waals surface area contributed by atoms with Crippen LogP contribution >= 0.6 is 15.9 Å². The molecular formula is C10H16BrNO2. The lowest BCUT2D eigenvalue weighted by Gasteiger charge is -2.24. The Morgan fingerprint density at radius 2 is 2.07 bits per heavy atom. The first-order valence-corrected chi connectivity index (χ1v) is 5.01. The van der Waals surface area contributed by atoms with Gasteiger partial charge in [0.25, 0.3) is 0 Å². The molecule has 0 saturated heterocycles. The molecule has 0 rings (SSSR count). The molecule has 0 bridgehead atoms. The maximum atomic E-state index is 11.5. The Kier molecular flexibility index (Phi) is 4.91.